The minimum absolute atomic E-state index is 0.0108. The van der Waals surface area contributed by atoms with E-state index in [1.165, 1.54) is 31.9 Å². The summed E-state index contributed by atoms with van der Waals surface area (Å²) < 4.78 is 23.0. The van der Waals surface area contributed by atoms with Gasteiger partial charge in [0.2, 0.25) is 5.43 Å². The molecule has 1 saturated heterocycles. The monoisotopic (exact) mass is 510 g/mol. The minimum atomic E-state index is -1.35. The van der Waals surface area contributed by atoms with Crippen molar-refractivity contribution in [1.82, 2.24) is 24.8 Å². The van der Waals surface area contributed by atoms with E-state index in [1.807, 2.05) is 11.8 Å². The Hall–Kier alpha value is -4.06. The molecule has 2 aliphatic rings. The topological polar surface area (TPSA) is 130 Å². The predicted octanol–water partition coefficient (Wildman–Crippen LogP) is 1.87. The number of piperazine rings is 1. The number of ether oxygens (including phenoxy) is 1. The van der Waals surface area contributed by atoms with Gasteiger partial charge in [0.15, 0.2) is 11.6 Å². The molecule has 0 spiro atoms. The number of amides is 1. The number of carbonyl (C=O) groups is 2. The van der Waals surface area contributed by atoms with Crippen molar-refractivity contribution in [2.75, 3.05) is 38.3 Å². The second-order valence-electron chi connectivity index (χ2n) is 9.31. The van der Waals surface area contributed by atoms with Gasteiger partial charge in [0, 0.05) is 50.3 Å². The maximum Gasteiger partial charge on any atom is 0.341 e. The molecule has 1 aromatic carbocycles. The number of aromatic carboxylic acids is 1. The molecule has 1 aliphatic heterocycles. The van der Waals surface area contributed by atoms with Crippen LogP contribution >= 0.6 is 0 Å². The fraction of sp³-hybridized carbons (Fsp3) is 0.400. The van der Waals surface area contributed by atoms with E-state index in [1.54, 1.807) is 4.57 Å². The number of halogens is 1. The normalized spacial score (nSPS) is 18.1. The Labute approximate surface area is 211 Å². The van der Waals surface area contributed by atoms with Gasteiger partial charge in [0.1, 0.15) is 16.9 Å². The summed E-state index contributed by atoms with van der Waals surface area (Å²) in [6.45, 7) is 3.70. The van der Waals surface area contributed by atoms with Crippen LogP contribution in [-0.4, -0.2) is 75.9 Å². The zero-order chi connectivity index (χ0) is 26.3. The molecule has 1 aliphatic carbocycles. The first-order chi connectivity index (χ1) is 17.8. The van der Waals surface area contributed by atoms with E-state index in [0.717, 1.165) is 18.9 Å². The van der Waals surface area contributed by atoms with Crippen molar-refractivity contribution in [2.45, 2.75) is 31.8 Å². The lowest BCUT2D eigenvalue weighted by Crippen LogP contribution is -2.55. The highest BCUT2D eigenvalue weighted by atomic mass is 19.1. The first kappa shape index (κ1) is 24.6. The number of hydrogen-bond donors (Lipinski definition) is 2. The number of benzene rings is 1. The van der Waals surface area contributed by atoms with Crippen molar-refractivity contribution < 1.29 is 23.8 Å². The first-order valence-corrected chi connectivity index (χ1v) is 12.0. The van der Waals surface area contributed by atoms with Gasteiger partial charge in [-0.25, -0.2) is 14.2 Å². The maximum absolute atomic E-state index is 15.6. The zero-order valence-electron chi connectivity index (χ0n) is 20.5. The highest BCUT2D eigenvalue weighted by Crippen LogP contribution is 2.44. The summed E-state index contributed by atoms with van der Waals surface area (Å²) in [7, 11) is 1.42. The van der Waals surface area contributed by atoms with E-state index < -0.39 is 17.2 Å². The Morgan fingerprint density at radius 1 is 1.27 bits per heavy atom. The van der Waals surface area contributed by atoms with Crippen LogP contribution < -0.4 is 20.4 Å². The summed E-state index contributed by atoms with van der Waals surface area (Å²) in [5.74, 6) is -2.11. The molecule has 194 valence electrons. The maximum atomic E-state index is 15.6. The summed E-state index contributed by atoms with van der Waals surface area (Å²) in [6, 6.07) is 1.11. The van der Waals surface area contributed by atoms with Crippen LogP contribution in [0.5, 0.6) is 5.75 Å². The zero-order valence-corrected chi connectivity index (χ0v) is 20.5. The third-order valence-electron chi connectivity index (χ3n) is 6.89. The number of carboxylic acid groups (broad SMARTS) is 1. The molecule has 12 heteroatoms. The van der Waals surface area contributed by atoms with E-state index in [-0.39, 0.29) is 46.1 Å². The SMILES string of the molecule is COc1c(N2CCN(CNC(=O)c3cnccn3)C(C)C2)c(F)cc2c(=O)c(C(=O)O)cn(C3CC3)c12. The van der Waals surface area contributed by atoms with Crippen molar-refractivity contribution in [3.63, 3.8) is 0 Å². The second kappa shape index (κ2) is 9.77. The van der Waals surface area contributed by atoms with Crippen molar-refractivity contribution in [1.29, 1.82) is 0 Å². The molecule has 1 atom stereocenters. The van der Waals surface area contributed by atoms with Crippen LogP contribution in [0.1, 0.15) is 46.7 Å². The quantitative estimate of drug-likeness (QED) is 0.489. The molecule has 37 heavy (non-hydrogen) atoms. The lowest BCUT2D eigenvalue weighted by Gasteiger charge is -2.41. The summed E-state index contributed by atoms with van der Waals surface area (Å²) in [5, 5.41) is 12.3. The molecule has 1 amide bonds. The number of carboxylic acids is 1. The van der Waals surface area contributed by atoms with Crippen molar-refractivity contribution in [3.05, 3.63) is 58.2 Å². The standard InChI is InChI=1S/C25H27FN6O5/c1-14-11-30(7-8-31(14)13-29-24(34)19-10-27-5-6-28-19)21-18(26)9-16-20(23(21)37-2)32(15-3-4-15)12-17(22(16)33)25(35)36/h5-6,9-10,12,14-15H,3-4,7-8,11,13H2,1-2H3,(H,29,34)(H,35,36). The van der Waals surface area contributed by atoms with Gasteiger partial charge in [0.05, 0.1) is 30.9 Å². The third kappa shape index (κ3) is 4.59. The molecule has 2 fully saturated rings. The van der Waals surface area contributed by atoms with E-state index in [9.17, 15) is 19.5 Å². The number of nitrogens with zero attached hydrogens (tertiary/aromatic N) is 5. The number of aromatic nitrogens is 3. The molecule has 2 N–H and O–H groups in total. The van der Waals surface area contributed by atoms with Gasteiger partial charge >= 0.3 is 5.97 Å². The van der Waals surface area contributed by atoms with Crippen LogP contribution in [0.15, 0.2) is 35.6 Å². The summed E-state index contributed by atoms with van der Waals surface area (Å²) in [5.41, 5.74) is -0.256. The molecule has 0 bridgehead atoms. The van der Waals surface area contributed by atoms with Gasteiger partial charge < -0.3 is 24.6 Å². The lowest BCUT2D eigenvalue weighted by molar-refractivity contribution is 0.0694. The number of fused-ring (bicyclic) bond motifs is 1. The van der Waals surface area contributed by atoms with Crippen LogP contribution in [0.25, 0.3) is 10.9 Å². The molecular weight excluding hydrogens is 483 g/mol. The largest absolute Gasteiger partial charge is 0.492 e. The number of carbonyl (C=O) groups excluding carboxylic acids is 1. The summed E-state index contributed by atoms with van der Waals surface area (Å²) in [4.78, 5) is 48.8. The van der Waals surface area contributed by atoms with Crippen LogP contribution in [0.3, 0.4) is 0 Å². The Balaban J connectivity index is 1.43. The average molecular weight is 511 g/mol. The Kier molecular flexibility index (Phi) is 6.50. The van der Waals surface area contributed by atoms with Crippen LogP contribution in [0.4, 0.5) is 10.1 Å². The van der Waals surface area contributed by atoms with Gasteiger partial charge in [-0.05, 0) is 25.8 Å². The van der Waals surface area contributed by atoms with E-state index in [4.69, 9.17) is 4.74 Å². The Morgan fingerprint density at radius 3 is 2.68 bits per heavy atom. The number of rotatable bonds is 7. The van der Waals surface area contributed by atoms with E-state index in [2.05, 4.69) is 20.2 Å². The van der Waals surface area contributed by atoms with Crippen LogP contribution in [-0.2, 0) is 0 Å². The highest BCUT2D eigenvalue weighted by Gasteiger charge is 2.33. The number of pyridine rings is 1. The number of nitrogens with one attached hydrogen (secondary N) is 1. The van der Waals surface area contributed by atoms with Crippen LogP contribution in [0.2, 0.25) is 0 Å². The first-order valence-electron chi connectivity index (χ1n) is 12.0. The number of methoxy groups -OCH3 is 1. The smallest absolute Gasteiger partial charge is 0.341 e. The lowest BCUT2D eigenvalue weighted by atomic mass is 10.1. The molecule has 1 saturated carbocycles. The molecule has 2 aromatic heterocycles. The summed E-state index contributed by atoms with van der Waals surface area (Å²) in [6.07, 6.45) is 7.35. The summed E-state index contributed by atoms with van der Waals surface area (Å²) >= 11 is 0. The van der Waals surface area contributed by atoms with Gasteiger partial charge in [0.25, 0.3) is 5.91 Å². The Morgan fingerprint density at radius 2 is 2.05 bits per heavy atom. The average Bonchev–Trinajstić information content (AvgIpc) is 3.73. The molecular formula is C25H27FN6O5. The number of hydrogen-bond acceptors (Lipinski definition) is 8. The molecule has 0 radical (unpaired) electrons. The van der Waals surface area contributed by atoms with Gasteiger partial charge in [-0.3, -0.25) is 19.5 Å². The molecule has 11 nitrogen and oxygen atoms in total. The molecule has 3 heterocycles. The minimum Gasteiger partial charge on any atom is -0.492 e. The molecule has 5 rings (SSSR count). The van der Waals surface area contributed by atoms with Crippen molar-refractivity contribution >= 4 is 28.5 Å². The fourth-order valence-electron chi connectivity index (χ4n) is 4.84. The highest BCUT2D eigenvalue weighted by molar-refractivity contribution is 5.97. The predicted molar refractivity (Wildman–Crippen MR) is 133 cm³/mol. The number of anilines is 1. The van der Waals surface area contributed by atoms with E-state index in [0.29, 0.717) is 31.8 Å². The molecule has 1 unspecified atom stereocenters. The van der Waals surface area contributed by atoms with Gasteiger partial charge in [-0.2, -0.15) is 0 Å². The van der Waals surface area contributed by atoms with Gasteiger partial charge in [-0.1, -0.05) is 0 Å². The molecule has 3 aromatic rings. The van der Waals surface area contributed by atoms with Crippen molar-refractivity contribution in [3.8, 4) is 5.75 Å². The Bertz CT molecular complexity index is 1420. The third-order valence-corrected chi connectivity index (χ3v) is 6.89. The van der Waals surface area contributed by atoms with E-state index >= 15 is 4.39 Å². The fourth-order valence-corrected chi connectivity index (χ4v) is 4.84. The second-order valence-corrected chi connectivity index (χ2v) is 9.31. The van der Waals surface area contributed by atoms with Crippen LogP contribution in [0, 0.1) is 5.82 Å². The van der Waals surface area contributed by atoms with Crippen molar-refractivity contribution in [2.24, 2.45) is 0 Å². The van der Waals surface area contributed by atoms with Gasteiger partial charge in [-0.15, -0.1) is 0 Å².